The topological polar surface area (TPSA) is 97.1 Å². The number of hydrogen-bond donors (Lipinski definition) is 3. The summed E-state index contributed by atoms with van der Waals surface area (Å²) in [6.07, 6.45) is 0. The van der Waals surface area contributed by atoms with E-state index < -0.39 is 11.9 Å². The van der Waals surface area contributed by atoms with Crippen molar-refractivity contribution in [3.8, 4) is 0 Å². The normalized spacial score (nSPS) is 9.00. The Kier molecular flexibility index (Phi) is 2.59. The lowest BCUT2D eigenvalue weighted by molar-refractivity contribution is 0.0933. The molecule has 12 heavy (non-hydrogen) atoms. The van der Waals surface area contributed by atoms with Crippen LogP contribution in [-0.4, -0.2) is 16.9 Å². The van der Waals surface area contributed by atoms with Crippen LogP contribution in [0.5, 0.6) is 0 Å². The van der Waals surface area contributed by atoms with Crippen LogP contribution < -0.4 is 16.6 Å². The van der Waals surface area contributed by atoms with Gasteiger partial charge >= 0.3 is 6.03 Å². The second kappa shape index (κ2) is 3.67. The van der Waals surface area contributed by atoms with Crippen LogP contribution >= 0.6 is 11.3 Å². The van der Waals surface area contributed by atoms with E-state index >= 15 is 0 Å². The third-order valence-electron chi connectivity index (χ3n) is 0.964. The van der Waals surface area contributed by atoms with Gasteiger partial charge < -0.3 is 5.73 Å². The molecule has 3 amide bonds. The van der Waals surface area contributed by atoms with E-state index in [4.69, 9.17) is 5.73 Å². The summed E-state index contributed by atoms with van der Waals surface area (Å²) in [7, 11) is 0. The molecule has 6 nitrogen and oxygen atoms in total. The van der Waals surface area contributed by atoms with E-state index in [-0.39, 0.29) is 5.69 Å². The minimum Gasteiger partial charge on any atom is -0.350 e. The molecule has 0 bridgehead atoms. The van der Waals surface area contributed by atoms with Crippen molar-refractivity contribution in [2.75, 3.05) is 0 Å². The summed E-state index contributed by atoms with van der Waals surface area (Å²) >= 11 is 1.29. The number of nitrogens with two attached hydrogens (primary N) is 1. The first-order valence-corrected chi connectivity index (χ1v) is 3.88. The van der Waals surface area contributed by atoms with Crippen molar-refractivity contribution in [3.63, 3.8) is 0 Å². The molecular weight excluding hydrogens is 180 g/mol. The zero-order valence-electron chi connectivity index (χ0n) is 5.90. The second-order valence-corrected chi connectivity index (χ2v) is 2.54. The summed E-state index contributed by atoms with van der Waals surface area (Å²) in [5.41, 5.74) is 10.5. The van der Waals surface area contributed by atoms with Crippen LogP contribution in [0.1, 0.15) is 10.5 Å². The average molecular weight is 186 g/mol. The third-order valence-corrected chi connectivity index (χ3v) is 1.55. The summed E-state index contributed by atoms with van der Waals surface area (Å²) in [6.45, 7) is 0. The molecule has 0 radical (unpaired) electrons. The lowest BCUT2D eigenvalue weighted by Gasteiger charge is -2.00. The van der Waals surface area contributed by atoms with Gasteiger partial charge in [-0.15, -0.1) is 11.3 Å². The van der Waals surface area contributed by atoms with E-state index in [9.17, 15) is 9.59 Å². The number of hydrogen-bond acceptors (Lipinski definition) is 4. The fraction of sp³-hybridized carbons (Fsp3) is 0. The summed E-state index contributed by atoms with van der Waals surface area (Å²) in [6, 6.07) is -0.821. The van der Waals surface area contributed by atoms with E-state index in [0.717, 1.165) is 0 Å². The fourth-order valence-electron chi connectivity index (χ4n) is 0.507. The van der Waals surface area contributed by atoms with Crippen molar-refractivity contribution in [1.82, 2.24) is 15.8 Å². The quantitative estimate of drug-likeness (QED) is 0.513. The van der Waals surface area contributed by atoms with Gasteiger partial charge in [-0.2, -0.15) is 0 Å². The molecule has 4 N–H and O–H groups in total. The molecule has 64 valence electrons. The highest BCUT2D eigenvalue weighted by atomic mass is 32.1. The number of urea groups is 1. The monoisotopic (exact) mass is 186 g/mol. The Balaban J connectivity index is 2.45. The van der Waals surface area contributed by atoms with Crippen molar-refractivity contribution in [3.05, 3.63) is 16.6 Å². The van der Waals surface area contributed by atoms with Gasteiger partial charge in [0.05, 0.1) is 5.51 Å². The Morgan fingerprint density at radius 2 is 2.25 bits per heavy atom. The maximum absolute atomic E-state index is 11.0. The van der Waals surface area contributed by atoms with Crippen molar-refractivity contribution < 1.29 is 9.59 Å². The summed E-state index contributed by atoms with van der Waals surface area (Å²) < 4.78 is 0. The molecule has 0 saturated carbocycles. The lowest BCUT2D eigenvalue weighted by Crippen LogP contribution is -2.44. The number of thiazole rings is 1. The van der Waals surface area contributed by atoms with E-state index in [0.29, 0.717) is 0 Å². The Bertz CT molecular complexity index is 284. The number of nitrogens with one attached hydrogen (secondary N) is 2. The van der Waals surface area contributed by atoms with Gasteiger partial charge in [0.1, 0.15) is 5.69 Å². The molecule has 0 spiro atoms. The average Bonchev–Trinajstić information content (AvgIpc) is 2.51. The molecule has 0 fully saturated rings. The Labute approximate surface area is 71.8 Å². The van der Waals surface area contributed by atoms with E-state index in [1.165, 1.54) is 16.8 Å². The highest BCUT2D eigenvalue weighted by molar-refractivity contribution is 7.07. The van der Waals surface area contributed by atoms with E-state index in [2.05, 4.69) is 10.4 Å². The Morgan fingerprint density at radius 1 is 1.50 bits per heavy atom. The molecule has 1 rings (SSSR count). The summed E-state index contributed by atoms with van der Waals surface area (Å²) in [5, 5.41) is 1.55. The number of primary amides is 1. The van der Waals surface area contributed by atoms with Crippen LogP contribution in [0.25, 0.3) is 0 Å². The van der Waals surface area contributed by atoms with Crippen LogP contribution in [0.4, 0.5) is 4.79 Å². The van der Waals surface area contributed by atoms with Crippen molar-refractivity contribution in [1.29, 1.82) is 0 Å². The number of aromatic nitrogens is 1. The van der Waals surface area contributed by atoms with Gasteiger partial charge in [-0.1, -0.05) is 0 Å². The second-order valence-electron chi connectivity index (χ2n) is 1.82. The predicted octanol–water partition coefficient (Wildman–Crippen LogP) is -0.544. The van der Waals surface area contributed by atoms with Gasteiger partial charge in [-0.3, -0.25) is 10.2 Å². The number of nitrogens with zero attached hydrogens (tertiary/aromatic N) is 1. The Hall–Kier alpha value is -1.63. The van der Waals surface area contributed by atoms with Crippen LogP contribution in [0.2, 0.25) is 0 Å². The molecular formula is C5H6N4O2S. The number of amides is 3. The third kappa shape index (κ3) is 2.20. The number of carbonyl (C=O) groups excluding carboxylic acids is 2. The van der Waals surface area contributed by atoms with Crippen LogP contribution in [0.15, 0.2) is 10.9 Å². The maximum Gasteiger partial charge on any atom is 0.330 e. The Morgan fingerprint density at radius 3 is 2.75 bits per heavy atom. The molecule has 7 heteroatoms. The minimum atomic E-state index is -0.821. The van der Waals surface area contributed by atoms with E-state index in [1.807, 2.05) is 5.43 Å². The largest absolute Gasteiger partial charge is 0.350 e. The molecule has 0 aromatic carbocycles. The molecule has 0 aliphatic rings. The zero-order chi connectivity index (χ0) is 8.97. The first-order valence-electron chi connectivity index (χ1n) is 2.94. The highest BCUT2D eigenvalue weighted by Gasteiger charge is 2.06. The molecule has 1 aromatic rings. The molecule has 1 aromatic heterocycles. The lowest BCUT2D eigenvalue weighted by atomic mass is 10.5. The highest BCUT2D eigenvalue weighted by Crippen LogP contribution is 1.99. The van der Waals surface area contributed by atoms with Crippen molar-refractivity contribution in [2.24, 2.45) is 5.73 Å². The van der Waals surface area contributed by atoms with Crippen molar-refractivity contribution in [2.45, 2.75) is 0 Å². The van der Waals surface area contributed by atoms with Gasteiger partial charge in [-0.25, -0.2) is 15.2 Å². The van der Waals surface area contributed by atoms with Gasteiger partial charge in [0.25, 0.3) is 5.91 Å². The SMILES string of the molecule is NC(=O)NNC(=O)c1cscn1. The van der Waals surface area contributed by atoms with Gasteiger partial charge in [0.2, 0.25) is 0 Å². The smallest absolute Gasteiger partial charge is 0.330 e. The molecule has 0 aliphatic carbocycles. The first-order chi connectivity index (χ1) is 5.70. The molecule has 0 aliphatic heterocycles. The first kappa shape index (κ1) is 8.47. The maximum atomic E-state index is 11.0. The fourth-order valence-corrected chi connectivity index (χ4v) is 1.04. The van der Waals surface area contributed by atoms with E-state index in [1.54, 1.807) is 5.38 Å². The van der Waals surface area contributed by atoms with Crippen molar-refractivity contribution >= 4 is 23.3 Å². The number of hydrazine groups is 1. The van der Waals surface area contributed by atoms with Gasteiger partial charge in [0, 0.05) is 5.38 Å². The van der Waals surface area contributed by atoms with Gasteiger partial charge in [-0.05, 0) is 0 Å². The minimum absolute atomic E-state index is 0.244. The number of rotatable bonds is 1. The molecule has 0 atom stereocenters. The van der Waals surface area contributed by atoms with Gasteiger partial charge in [0.15, 0.2) is 0 Å². The standard InChI is InChI=1S/C5H6N4O2S/c6-5(11)9-8-4(10)3-1-12-2-7-3/h1-2H,(H,8,10)(H3,6,9,11). The predicted molar refractivity (Wildman–Crippen MR) is 42.3 cm³/mol. The molecule has 1 heterocycles. The summed E-state index contributed by atoms with van der Waals surface area (Å²) in [4.78, 5) is 24.8. The van der Waals surface area contributed by atoms with Crippen LogP contribution in [0, 0.1) is 0 Å². The molecule has 0 unspecified atom stereocenters. The zero-order valence-corrected chi connectivity index (χ0v) is 6.72. The molecule has 0 saturated heterocycles. The summed E-state index contributed by atoms with van der Waals surface area (Å²) in [5.74, 6) is -0.491. The van der Waals surface area contributed by atoms with Crippen LogP contribution in [0.3, 0.4) is 0 Å². The number of carbonyl (C=O) groups is 2. The van der Waals surface area contributed by atoms with Crippen LogP contribution in [-0.2, 0) is 0 Å².